The molecule has 52 heavy (non-hydrogen) atoms. The van der Waals surface area contributed by atoms with Crippen LogP contribution >= 0.6 is 11.6 Å². The van der Waals surface area contributed by atoms with Gasteiger partial charge in [0.15, 0.2) is 11.6 Å². The summed E-state index contributed by atoms with van der Waals surface area (Å²) in [5, 5.41) is 2.37. The van der Waals surface area contributed by atoms with Gasteiger partial charge >= 0.3 is 0 Å². The van der Waals surface area contributed by atoms with Crippen molar-refractivity contribution >= 4 is 30.3 Å². The fourth-order valence-electron chi connectivity index (χ4n) is 8.19. The molecule has 3 saturated heterocycles. The van der Waals surface area contributed by atoms with Crippen LogP contribution in [0.2, 0.25) is 5.04 Å². The van der Waals surface area contributed by atoms with Gasteiger partial charge in [0.25, 0.3) is 8.32 Å². The quantitative estimate of drug-likeness (QED) is 0.0695. The molecule has 3 aliphatic heterocycles. The third-order valence-electron chi connectivity index (χ3n) is 10.4. The van der Waals surface area contributed by atoms with Gasteiger partial charge in [-0.25, -0.2) is 0 Å². The molecule has 2 aromatic carbocycles. The lowest BCUT2D eigenvalue weighted by atomic mass is 9.92. The third kappa shape index (κ3) is 10.6. The summed E-state index contributed by atoms with van der Waals surface area (Å²) in [5.41, 5.74) is 1.54. The topological polar surface area (TPSA) is 55.4 Å². The SMILES string of the molecule is CC1(C)O[C@@H]([C@H]2O[C@H](CO[Si](c3ccccc3)(c3ccccc3)C(C)(C)C)C[C@@H]3OC(C)(C)O[C@H]23)[C@H](/C=C/CCCCCCCC/C=C/C=C/Cl)O1. The number of unbranched alkanes of at least 4 members (excludes halogenated alkanes) is 7. The number of benzene rings is 2. The fourth-order valence-corrected chi connectivity index (χ4v) is 12.9. The predicted molar refractivity (Wildman–Crippen MR) is 215 cm³/mol. The van der Waals surface area contributed by atoms with Gasteiger partial charge in [0.2, 0.25) is 0 Å². The lowest BCUT2D eigenvalue weighted by Crippen LogP contribution is -2.67. The van der Waals surface area contributed by atoms with E-state index >= 15 is 0 Å². The minimum atomic E-state index is -2.76. The Kier molecular flexibility index (Phi) is 14.6. The van der Waals surface area contributed by atoms with Crippen molar-refractivity contribution in [2.75, 3.05) is 6.61 Å². The maximum absolute atomic E-state index is 7.36. The van der Waals surface area contributed by atoms with Crippen molar-refractivity contribution < 1.29 is 28.1 Å². The molecule has 3 aliphatic rings. The van der Waals surface area contributed by atoms with Crippen LogP contribution in [0.25, 0.3) is 0 Å². The number of fused-ring (bicyclic) bond motifs is 1. The summed E-state index contributed by atoms with van der Waals surface area (Å²) >= 11 is 5.56. The molecule has 8 heteroatoms. The molecule has 0 aromatic heterocycles. The van der Waals surface area contributed by atoms with E-state index < -0.39 is 19.9 Å². The standard InChI is InChI=1S/C44H63ClO6Si/c1-42(2,3)52(35-26-20-18-21-27-35,36-28-22-19-23-29-36)46-33-34-32-38-40(51-44(6,7)49-38)41(47-34)39-37(48-43(4,5)50-39)30-24-16-14-12-10-8-9-11-13-15-17-25-31-45/h15,17-31,34,37-41H,8-14,16,32-33H2,1-7H3/b17-15+,30-24+,31-25+/t34-,37-,38-,39+,40-,41+/m0/s1. The van der Waals surface area contributed by atoms with Crippen LogP contribution in [0.3, 0.4) is 0 Å². The summed E-state index contributed by atoms with van der Waals surface area (Å²) in [6, 6.07) is 21.6. The Morgan fingerprint density at radius 1 is 0.712 bits per heavy atom. The van der Waals surface area contributed by atoms with E-state index in [0.29, 0.717) is 13.0 Å². The van der Waals surface area contributed by atoms with Gasteiger partial charge in [-0.15, -0.1) is 0 Å². The fraction of sp³-hybridized carbons (Fsp3) is 0.591. The smallest absolute Gasteiger partial charge is 0.261 e. The minimum absolute atomic E-state index is 0.136. The van der Waals surface area contributed by atoms with E-state index in [-0.39, 0.29) is 41.7 Å². The molecule has 0 aliphatic carbocycles. The molecular weight excluding hydrogens is 688 g/mol. The maximum Gasteiger partial charge on any atom is 0.261 e. The van der Waals surface area contributed by atoms with Crippen molar-refractivity contribution in [1.82, 2.24) is 0 Å². The van der Waals surface area contributed by atoms with Crippen LogP contribution in [0.5, 0.6) is 0 Å². The zero-order valence-corrected chi connectivity index (χ0v) is 34.4. The van der Waals surface area contributed by atoms with Gasteiger partial charge in [0.05, 0.1) is 18.8 Å². The van der Waals surface area contributed by atoms with Crippen molar-refractivity contribution in [3.63, 3.8) is 0 Å². The summed E-state index contributed by atoms with van der Waals surface area (Å²) in [7, 11) is -2.76. The molecule has 6 atom stereocenters. The molecule has 0 spiro atoms. The molecule has 0 N–H and O–H groups in total. The average Bonchev–Trinajstić information content (AvgIpc) is 3.59. The van der Waals surface area contributed by atoms with Gasteiger partial charge in [0.1, 0.15) is 24.4 Å². The number of allylic oxidation sites excluding steroid dienone is 4. The van der Waals surface area contributed by atoms with Crippen LogP contribution in [0.4, 0.5) is 0 Å². The summed E-state index contributed by atoms with van der Waals surface area (Å²) < 4.78 is 40.6. The lowest BCUT2D eigenvalue weighted by Gasteiger charge is -2.45. The van der Waals surface area contributed by atoms with Crippen LogP contribution in [0.15, 0.2) is 96.6 Å². The van der Waals surface area contributed by atoms with E-state index in [9.17, 15) is 0 Å². The highest BCUT2D eigenvalue weighted by atomic mass is 35.5. The normalized spacial score (nSPS) is 27.6. The second-order valence-corrected chi connectivity index (χ2v) is 21.1. The van der Waals surface area contributed by atoms with Gasteiger partial charge in [0, 0.05) is 12.0 Å². The first-order valence-electron chi connectivity index (χ1n) is 19.6. The highest BCUT2D eigenvalue weighted by molar-refractivity contribution is 6.99. The van der Waals surface area contributed by atoms with Crippen molar-refractivity contribution in [2.45, 2.75) is 159 Å². The van der Waals surface area contributed by atoms with Crippen molar-refractivity contribution in [2.24, 2.45) is 0 Å². The molecule has 286 valence electrons. The average molecular weight is 752 g/mol. The van der Waals surface area contributed by atoms with Crippen molar-refractivity contribution in [1.29, 1.82) is 0 Å². The van der Waals surface area contributed by atoms with Crippen molar-refractivity contribution in [3.05, 3.63) is 96.6 Å². The molecular formula is C44H63ClO6Si. The molecule has 5 rings (SSSR count). The number of halogens is 1. The second kappa shape index (κ2) is 18.5. The van der Waals surface area contributed by atoms with E-state index in [1.807, 2.05) is 39.8 Å². The van der Waals surface area contributed by atoms with E-state index in [4.69, 9.17) is 39.7 Å². The lowest BCUT2D eigenvalue weighted by molar-refractivity contribution is -0.207. The molecule has 0 radical (unpaired) electrons. The van der Waals surface area contributed by atoms with Crippen molar-refractivity contribution in [3.8, 4) is 0 Å². The van der Waals surface area contributed by atoms with E-state index in [1.54, 1.807) is 5.54 Å². The molecule has 3 fully saturated rings. The van der Waals surface area contributed by atoms with Gasteiger partial charge < -0.3 is 28.1 Å². The Morgan fingerprint density at radius 2 is 1.27 bits per heavy atom. The van der Waals surface area contributed by atoms with E-state index in [0.717, 1.165) is 19.3 Å². The van der Waals surface area contributed by atoms with Gasteiger partial charge in [-0.1, -0.05) is 149 Å². The zero-order chi connectivity index (χ0) is 37.2. The number of hydrogen-bond donors (Lipinski definition) is 0. The molecule has 0 saturated carbocycles. The Bertz CT molecular complexity index is 1410. The highest BCUT2D eigenvalue weighted by Crippen LogP contribution is 2.44. The first-order chi connectivity index (χ1) is 24.9. The van der Waals surface area contributed by atoms with Gasteiger partial charge in [-0.05, 0) is 68.8 Å². The second-order valence-electron chi connectivity index (χ2n) is 16.5. The van der Waals surface area contributed by atoms with Gasteiger partial charge in [-0.3, -0.25) is 0 Å². The first kappa shape index (κ1) is 41.1. The van der Waals surface area contributed by atoms with Crippen LogP contribution in [-0.4, -0.2) is 63.1 Å². The Balaban J connectivity index is 1.26. The van der Waals surface area contributed by atoms with E-state index in [2.05, 4.69) is 99.7 Å². The molecule has 0 amide bonds. The predicted octanol–water partition coefficient (Wildman–Crippen LogP) is 9.75. The number of rotatable bonds is 17. The van der Waals surface area contributed by atoms with Crippen LogP contribution < -0.4 is 10.4 Å². The molecule has 3 heterocycles. The largest absolute Gasteiger partial charge is 0.405 e. The van der Waals surface area contributed by atoms with Gasteiger partial charge in [-0.2, -0.15) is 0 Å². The van der Waals surface area contributed by atoms with E-state index in [1.165, 1.54) is 42.5 Å². The summed E-state index contributed by atoms with van der Waals surface area (Å²) in [5.74, 6) is -1.47. The molecule has 6 nitrogen and oxygen atoms in total. The summed E-state index contributed by atoms with van der Waals surface area (Å²) in [4.78, 5) is 0. The number of ether oxygens (including phenoxy) is 5. The molecule has 0 unspecified atom stereocenters. The third-order valence-corrected chi connectivity index (χ3v) is 15.6. The van der Waals surface area contributed by atoms with Crippen LogP contribution in [-0.2, 0) is 28.1 Å². The molecule has 2 aromatic rings. The molecule has 0 bridgehead atoms. The Morgan fingerprint density at radius 3 is 1.87 bits per heavy atom. The summed E-state index contributed by atoms with van der Waals surface area (Å²) in [6.07, 6.45) is 19.1. The minimum Gasteiger partial charge on any atom is -0.405 e. The Labute approximate surface area is 320 Å². The Hall–Kier alpha value is -2.07. The number of hydrogen-bond acceptors (Lipinski definition) is 6. The highest BCUT2D eigenvalue weighted by Gasteiger charge is 2.57. The maximum atomic E-state index is 7.36. The first-order valence-corrected chi connectivity index (χ1v) is 21.9. The summed E-state index contributed by atoms with van der Waals surface area (Å²) in [6.45, 7) is 15.3. The monoisotopic (exact) mass is 750 g/mol. The van der Waals surface area contributed by atoms with Crippen LogP contribution in [0, 0.1) is 0 Å². The zero-order valence-electron chi connectivity index (χ0n) is 32.6. The van der Waals surface area contributed by atoms with Crippen LogP contribution in [0.1, 0.15) is 106 Å².